The molecule has 0 atom stereocenters. The van der Waals surface area contributed by atoms with Crippen LogP contribution in [0.2, 0.25) is 0 Å². The van der Waals surface area contributed by atoms with Gasteiger partial charge in [0.15, 0.2) is 5.11 Å². The molecule has 13 heteroatoms. The predicted molar refractivity (Wildman–Crippen MR) is 132 cm³/mol. The Bertz CT molecular complexity index is 1080. The Hall–Kier alpha value is -3.19. The number of fused-ring (bicyclic) bond motifs is 1. The maximum Gasteiger partial charge on any atom is 0.490 e. The molecule has 0 bridgehead atoms. The lowest BCUT2D eigenvalue weighted by Gasteiger charge is -2.28. The monoisotopic (exact) mass is 527 g/mol. The van der Waals surface area contributed by atoms with Gasteiger partial charge in [-0.15, -0.1) is 0 Å². The second kappa shape index (κ2) is 12.2. The summed E-state index contributed by atoms with van der Waals surface area (Å²) in [5, 5.41) is 21.2. The van der Waals surface area contributed by atoms with Gasteiger partial charge in [0.1, 0.15) is 11.6 Å². The molecule has 0 unspecified atom stereocenters. The Morgan fingerprint density at radius 3 is 2.53 bits per heavy atom. The summed E-state index contributed by atoms with van der Waals surface area (Å²) in [6, 6.07) is 7.25. The normalized spacial score (nSPS) is 15.1. The quantitative estimate of drug-likeness (QED) is 0.395. The number of morpholine rings is 1. The van der Waals surface area contributed by atoms with Crippen molar-refractivity contribution in [3.05, 3.63) is 29.8 Å². The predicted octanol–water partition coefficient (Wildman–Crippen LogP) is 3.36. The zero-order valence-electron chi connectivity index (χ0n) is 19.7. The number of benzene rings is 1. The van der Waals surface area contributed by atoms with Crippen molar-refractivity contribution in [1.82, 2.24) is 15.3 Å². The van der Waals surface area contributed by atoms with Gasteiger partial charge >= 0.3 is 12.1 Å². The van der Waals surface area contributed by atoms with E-state index >= 15 is 0 Å². The summed E-state index contributed by atoms with van der Waals surface area (Å²) in [6.45, 7) is 6.67. The number of alkyl halides is 3. The Balaban J connectivity index is 0.000000454. The first-order chi connectivity index (χ1) is 17.1. The molecule has 1 aromatic carbocycles. The lowest BCUT2D eigenvalue weighted by atomic mass is 10.1. The first-order valence-corrected chi connectivity index (χ1v) is 11.9. The molecule has 196 valence electrons. The number of hydrogen-bond donors (Lipinski definition) is 3. The van der Waals surface area contributed by atoms with Crippen LogP contribution in [0.4, 0.5) is 24.9 Å². The van der Waals surface area contributed by atoms with Crippen LogP contribution >= 0.6 is 12.2 Å². The lowest BCUT2D eigenvalue weighted by molar-refractivity contribution is -0.192. The minimum Gasteiger partial charge on any atom is -0.508 e. The number of halogens is 3. The third-order valence-corrected chi connectivity index (χ3v) is 5.89. The van der Waals surface area contributed by atoms with Crippen LogP contribution in [0.15, 0.2) is 24.3 Å². The van der Waals surface area contributed by atoms with Crippen molar-refractivity contribution in [3.63, 3.8) is 0 Å². The number of aromatic hydroxyl groups is 1. The summed E-state index contributed by atoms with van der Waals surface area (Å²) in [7, 11) is 0. The number of carbonyl (C=O) groups is 1. The number of aromatic nitrogens is 2. The van der Waals surface area contributed by atoms with E-state index < -0.39 is 12.1 Å². The lowest BCUT2D eigenvalue weighted by Crippen LogP contribution is -2.40. The average Bonchev–Trinajstić information content (AvgIpc) is 3.28. The number of carboxylic acid groups (broad SMARTS) is 1. The Morgan fingerprint density at radius 2 is 1.92 bits per heavy atom. The zero-order chi connectivity index (χ0) is 26.3. The topological polar surface area (TPSA) is 111 Å². The summed E-state index contributed by atoms with van der Waals surface area (Å²) >= 11 is 5.66. The number of rotatable bonds is 5. The summed E-state index contributed by atoms with van der Waals surface area (Å²) < 4.78 is 37.2. The van der Waals surface area contributed by atoms with Crippen LogP contribution in [0.25, 0.3) is 11.3 Å². The second-order valence-electron chi connectivity index (χ2n) is 8.11. The number of ether oxygens (including phenoxy) is 1. The molecule has 3 N–H and O–H groups in total. The van der Waals surface area contributed by atoms with E-state index in [0.717, 1.165) is 68.1 Å². The molecule has 1 aromatic heterocycles. The molecule has 0 spiro atoms. The van der Waals surface area contributed by atoms with Gasteiger partial charge in [-0.3, -0.25) is 0 Å². The number of unbranched alkanes of at least 4 members (excludes halogenated alkanes) is 1. The van der Waals surface area contributed by atoms with Gasteiger partial charge in [-0.25, -0.2) is 9.78 Å². The van der Waals surface area contributed by atoms with Crippen molar-refractivity contribution in [2.24, 2.45) is 0 Å². The fraction of sp³-hybridized carbons (Fsp3) is 0.478. The molecule has 4 rings (SSSR count). The summed E-state index contributed by atoms with van der Waals surface area (Å²) in [5.74, 6) is -0.968. The first-order valence-electron chi connectivity index (χ1n) is 11.5. The highest BCUT2D eigenvalue weighted by Gasteiger charge is 2.38. The van der Waals surface area contributed by atoms with E-state index in [0.29, 0.717) is 24.3 Å². The van der Waals surface area contributed by atoms with E-state index in [1.165, 1.54) is 0 Å². The number of carboxylic acids is 1. The highest BCUT2D eigenvalue weighted by atomic mass is 32.1. The molecule has 3 heterocycles. The summed E-state index contributed by atoms with van der Waals surface area (Å²) in [5.41, 5.74) is 2.84. The zero-order valence-corrected chi connectivity index (χ0v) is 20.5. The molecule has 1 saturated heterocycles. The minimum atomic E-state index is -5.08. The number of anilines is 2. The van der Waals surface area contributed by atoms with Crippen LogP contribution in [0, 0.1) is 0 Å². The van der Waals surface area contributed by atoms with E-state index in [2.05, 4.69) is 22.0 Å². The third kappa shape index (κ3) is 6.94. The highest BCUT2D eigenvalue weighted by molar-refractivity contribution is 7.80. The molecule has 1 fully saturated rings. The molecule has 0 aliphatic carbocycles. The van der Waals surface area contributed by atoms with Crippen LogP contribution in [-0.2, 0) is 16.0 Å². The van der Waals surface area contributed by atoms with Crippen molar-refractivity contribution in [2.75, 3.05) is 49.2 Å². The van der Waals surface area contributed by atoms with Crippen molar-refractivity contribution in [2.45, 2.75) is 32.4 Å². The van der Waals surface area contributed by atoms with Crippen LogP contribution in [-0.4, -0.2) is 76.8 Å². The van der Waals surface area contributed by atoms with Crippen molar-refractivity contribution < 1.29 is 32.9 Å². The van der Waals surface area contributed by atoms with Gasteiger partial charge in [0.25, 0.3) is 0 Å². The van der Waals surface area contributed by atoms with E-state index in [1.54, 1.807) is 12.1 Å². The molecule has 2 aromatic rings. The highest BCUT2D eigenvalue weighted by Crippen LogP contribution is 2.36. The minimum absolute atomic E-state index is 0.231. The number of hydrogen-bond acceptors (Lipinski definition) is 7. The largest absolute Gasteiger partial charge is 0.508 e. The van der Waals surface area contributed by atoms with Crippen molar-refractivity contribution in [1.29, 1.82) is 0 Å². The summed E-state index contributed by atoms with van der Waals surface area (Å²) in [4.78, 5) is 22.9. The molecular weight excluding hydrogens is 499 g/mol. The SMILES string of the molecule is CCCCNC(=S)N1CCc2c(-c3cccc(O)c3)nc(N3CCOCC3)nc21.O=C(O)C(F)(F)F. The molecule has 2 aliphatic rings. The van der Waals surface area contributed by atoms with Crippen LogP contribution in [0.1, 0.15) is 25.3 Å². The number of aliphatic carboxylic acids is 1. The van der Waals surface area contributed by atoms with Gasteiger partial charge in [0.05, 0.1) is 18.9 Å². The van der Waals surface area contributed by atoms with Gasteiger partial charge in [-0.1, -0.05) is 25.5 Å². The fourth-order valence-electron chi connectivity index (χ4n) is 3.71. The first kappa shape index (κ1) is 27.4. The number of nitrogens with one attached hydrogen (secondary N) is 1. The maximum absolute atomic E-state index is 10.6. The fourth-order valence-corrected chi connectivity index (χ4v) is 3.99. The Morgan fingerprint density at radius 1 is 1.22 bits per heavy atom. The summed E-state index contributed by atoms with van der Waals surface area (Å²) in [6.07, 6.45) is -2.06. The van der Waals surface area contributed by atoms with Crippen LogP contribution in [0.3, 0.4) is 0 Å². The smallest absolute Gasteiger partial charge is 0.490 e. The molecule has 2 aliphatic heterocycles. The van der Waals surface area contributed by atoms with E-state index in [-0.39, 0.29) is 5.75 Å². The Kier molecular flexibility index (Phi) is 9.26. The molecule has 0 radical (unpaired) electrons. The average molecular weight is 528 g/mol. The van der Waals surface area contributed by atoms with E-state index in [1.807, 2.05) is 12.1 Å². The van der Waals surface area contributed by atoms with Gasteiger partial charge in [-0.2, -0.15) is 18.2 Å². The Labute approximate surface area is 211 Å². The third-order valence-electron chi connectivity index (χ3n) is 5.52. The molecule has 0 saturated carbocycles. The number of thiocarbonyl (C=S) groups is 1. The molecule has 0 amide bonds. The number of phenolic OH excluding ortho intramolecular Hbond substituents is 1. The van der Waals surface area contributed by atoms with Gasteiger partial charge < -0.3 is 30.1 Å². The van der Waals surface area contributed by atoms with Crippen LogP contribution < -0.4 is 15.1 Å². The van der Waals surface area contributed by atoms with Crippen molar-refractivity contribution >= 4 is 35.1 Å². The molecule has 36 heavy (non-hydrogen) atoms. The standard InChI is InChI=1S/C21H27N5O2S.C2HF3O2/c1-2-3-8-22-21(29)26-9-7-17-18(15-5-4-6-16(27)14-15)23-20(24-19(17)26)25-10-12-28-13-11-25;3-2(4,5)1(6)7/h4-6,14,27H,2-3,7-13H2,1H3,(H,22,29);(H,6,7). The van der Waals surface area contributed by atoms with Gasteiger partial charge in [0.2, 0.25) is 5.95 Å². The molecular formula is C23H28F3N5O4S. The number of nitrogens with zero attached hydrogens (tertiary/aromatic N) is 4. The van der Waals surface area contributed by atoms with Gasteiger partial charge in [-0.05, 0) is 37.2 Å². The molecule has 9 nitrogen and oxygen atoms in total. The van der Waals surface area contributed by atoms with Crippen molar-refractivity contribution in [3.8, 4) is 17.0 Å². The van der Waals surface area contributed by atoms with Gasteiger partial charge in [0, 0.05) is 37.3 Å². The van der Waals surface area contributed by atoms with Crippen LogP contribution in [0.5, 0.6) is 5.75 Å². The maximum atomic E-state index is 10.6. The number of phenols is 1. The van der Waals surface area contributed by atoms with E-state index in [9.17, 15) is 18.3 Å². The second-order valence-corrected chi connectivity index (χ2v) is 8.50. The van der Waals surface area contributed by atoms with E-state index in [4.69, 9.17) is 36.8 Å².